The zero-order valence-electron chi connectivity index (χ0n) is 16.1. The van der Waals surface area contributed by atoms with Gasteiger partial charge in [-0.05, 0) is 12.5 Å². The Morgan fingerprint density at radius 3 is 2.86 bits per heavy atom. The van der Waals surface area contributed by atoms with Crippen LogP contribution in [0.25, 0.3) is 0 Å². The number of aromatic nitrogens is 4. The maximum absolute atomic E-state index is 12.5. The molecule has 0 spiro atoms. The first-order valence-corrected chi connectivity index (χ1v) is 10.4. The van der Waals surface area contributed by atoms with Gasteiger partial charge in [0.25, 0.3) is 0 Å². The lowest BCUT2D eigenvalue weighted by Gasteiger charge is -2.12. The zero-order chi connectivity index (χ0) is 20.2. The van der Waals surface area contributed by atoms with Crippen LogP contribution in [0.1, 0.15) is 29.6 Å². The molecule has 1 fully saturated rings. The third kappa shape index (κ3) is 4.51. The third-order valence-electron chi connectivity index (χ3n) is 4.88. The quantitative estimate of drug-likeness (QED) is 0.643. The van der Waals surface area contributed by atoms with Gasteiger partial charge in [0.05, 0.1) is 24.5 Å². The van der Waals surface area contributed by atoms with Crippen LogP contribution in [0.4, 0.5) is 5.13 Å². The number of benzene rings is 1. The Balaban J connectivity index is 1.34. The van der Waals surface area contributed by atoms with Gasteiger partial charge in [0.1, 0.15) is 5.01 Å². The van der Waals surface area contributed by atoms with E-state index in [-0.39, 0.29) is 18.2 Å². The predicted molar refractivity (Wildman–Crippen MR) is 109 cm³/mol. The molecule has 1 aromatic carbocycles. The summed E-state index contributed by atoms with van der Waals surface area (Å²) in [4.78, 5) is 30.8. The smallest absolute Gasteiger partial charge is 0.229 e. The fourth-order valence-corrected chi connectivity index (χ4v) is 4.16. The van der Waals surface area contributed by atoms with E-state index in [2.05, 4.69) is 20.5 Å². The van der Waals surface area contributed by atoms with Crippen LogP contribution < -0.4 is 10.2 Å². The van der Waals surface area contributed by atoms with Crippen LogP contribution >= 0.6 is 11.3 Å². The Labute approximate surface area is 172 Å². The summed E-state index contributed by atoms with van der Waals surface area (Å²) >= 11 is 1.40. The van der Waals surface area contributed by atoms with Gasteiger partial charge in [0.2, 0.25) is 16.9 Å². The molecule has 0 bridgehead atoms. The van der Waals surface area contributed by atoms with Crippen LogP contribution in [-0.2, 0) is 29.1 Å². The number of aryl methyl sites for hydroxylation is 1. The van der Waals surface area contributed by atoms with Crippen molar-refractivity contribution >= 4 is 28.3 Å². The fraction of sp³-hybridized carbons (Fsp3) is 0.350. The number of carbonyl (C=O) groups excluding carboxylic acids is 2. The highest BCUT2D eigenvalue weighted by Gasteiger charge is 2.36. The van der Waals surface area contributed by atoms with Crippen molar-refractivity contribution in [3.8, 4) is 0 Å². The van der Waals surface area contributed by atoms with Gasteiger partial charge in [0.15, 0.2) is 0 Å². The maximum Gasteiger partial charge on any atom is 0.229 e. The number of amides is 2. The number of imidazole rings is 1. The normalized spacial score (nSPS) is 16.4. The highest BCUT2D eigenvalue weighted by atomic mass is 32.1. The number of anilines is 1. The number of rotatable bonds is 7. The van der Waals surface area contributed by atoms with Crippen LogP contribution in [0.3, 0.4) is 0 Å². The van der Waals surface area contributed by atoms with E-state index >= 15 is 0 Å². The topological polar surface area (TPSA) is 93.0 Å². The SMILES string of the molecule is CCn1cnc(CNC(=O)C2CC(=O)N(c3nnc(Cc4ccccc4)s3)C2)c1. The molecule has 1 unspecified atom stereocenters. The predicted octanol–water partition coefficient (Wildman–Crippen LogP) is 2.01. The molecule has 4 rings (SSSR count). The average molecular weight is 411 g/mol. The summed E-state index contributed by atoms with van der Waals surface area (Å²) in [5, 5.41) is 12.7. The second-order valence-electron chi connectivity index (χ2n) is 6.96. The summed E-state index contributed by atoms with van der Waals surface area (Å²) in [6.07, 6.45) is 4.50. The van der Waals surface area contributed by atoms with E-state index in [9.17, 15) is 9.59 Å². The van der Waals surface area contributed by atoms with E-state index in [0.717, 1.165) is 22.8 Å². The minimum absolute atomic E-state index is 0.0946. The van der Waals surface area contributed by atoms with Crippen LogP contribution in [0.5, 0.6) is 0 Å². The first-order chi connectivity index (χ1) is 14.1. The van der Waals surface area contributed by atoms with Crippen molar-refractivity contribution in [1.82, 2.24) is 25.1 Å². The molecule has 8 nitrogen and oxygen atoms in total. The Morgan fingerprint density at radius 2 is 2.10 bits per heavy atom. The average Bonchev–Trinajstić information content (AvgIpc) is 3.46. The van der Waals surface area contributed by atoms with Gasteiger partial charge in [0, 0.05) is 32.1 Å². The Morgan fingerprint density at radius 1 is 1.28 bits per heavy atom. The largest absolute Gasteiger partial charge is 0.350 e. The molecule has 2 amide bonds. The molecule has 1 aliphatic heterocycles. The lowest BCUT2D eigenvalue weighted by molar-refractivity contribution is -0.126. The van der Waals surface area contributed by atoms with E-state index in [4.69, 9.17) is 0 Å². The molecule has 3 heterocycles. The molecule has 3 aromatic rings. The molecule has 29 heavy (non-hydrogen) atoms. The van der Waals surface area contributed by atoms with Gasteiger partial charge >= 0.3 is 0 Å². The second kappa shape index (κ2) is 8.52. The van der Waals surface area contributed by atoms with Crippen LogP contribution in [0, 0.1) is 5.92 Å². The highest BCUT2D eigenvalue weighted by molar-refractivity contribution is 7.15. The summed E-state index contributed by atoms with van der Waals surface area (Å²) in [5.41, 5.74) is 1.95. The highest BCUT2D eigenvalue weighted by Crippen LogP contribution is 2.28. The maximum atomic E-state index is 12.5. The van der Waals surface area contributed by atoms with Crippen molar-refractivity contribution in [2.75, 3.05) is 11.4 Å². The molecule has 150 valence electrons. The molecule has 1 saturated heterocycles. The number of hydrogen-bond donors (Lipinski definition) is 1. The Kier molecular flexibility index (Phi) is 5.66. The van der Waals surface area contributed by atoms with E-state index in [1.54, 1.807) is 11.2 Å². The molecule has 0 aliphatic carbocycles. The Hall–Kier alpha value is -3.07. The van der Waals surface area contributed by atoms with Crippen molar-refractivity contribution in [2.24, 2.45) is 5.92 Å². The molecule has 9 heteroatoms. The van der Waals surface area contributed by atoms with E-state index < -0.39 is 5.92 Å². The summed E-state index contributed by atoms with van der Waals surface area (Å²) in [6, 6.07) is 10.0. The van der Waals surface area contributed by atoms with Gasteiger partial charge < -0.3 is 9.88 Å². The van der Waals surface area contributed by atoms with Gasteiger partial charge in [-0.25, -0.2) is 4.98 Å². The summed E-state index contributed by atoms with van der Waals surface area (Å²) in [6.45, 7) is 3.55. The molecule has 1 atom stereocenters. The molecule has 2 aromatic heterocycles. The van der Waals surface area contributed by atoms with Crippen molar-refractivity contribution in [3.05, 3.63) is 59.1 Å². The molecular formula is C20H22N6O2S. The second-order valence-corrected chi connectivity index (χ2v) is 8.00. The number of nitrogens with one attached hydrogen (secondary N) is 1. The van der Waals surface area contributed by atoms with Crippen molar-refractivity contribution in [1.29, 1.82) is 0 Å². The molecule has 0 saturated carbocycles. The molecule has 0 radical (unpaired) electrons. The minimum Gasteiger partial charge on any atom is -0.350 e. The van der Waals surface area contributed by atoms with Crippen LogP contribution in [0.2, 0.25) is 0 Å². The lowest BCUT2D eigenvalue weighted by Crippen LogP contribution is -2.32. The van der Waals surface area contributed by atoms with E-state index in [0.29, 0.717) is 24.6 Å². The summed E-state index contributed by atoms with van der Waals surface area (Å²) < 4.78 is 1.95. The lowest BCUT2D eigenvalue weighted by atomic mass is 10.1. The number of carbonyl (C=O) groups is 2. The van der Waals surface area contributed by atoms with Crippen molar-refractivity contribution in [2.45, 2.75) is 32.9 Å². The van der Waals surface area contributed by atoms with Gasteiger partial charge in [-0.3, -0.25) is 14.5 Å². The monoisotopic (exact) mass is 410 g/mol. The zero-order valence-corrected chi connectivity index (χ0v) is 16.9. The van der Waals surface area contributed by atoms with E-state index in [1.165, 1.54) is 11.3 Å². The standard InChI is InChI=1S/C20H22N6O2S/c1-2-25-12-16(22-13-25)10-21-19(28)15-9-18(27)26(11-15)20-24-23-17(29-20)8-14-6-4-3-5-7-14/h3-7,12-13,15H,2,8-11H2,1H3,(H,21,28). The summed E-state index contributed by atoms with van der Waals surface area (Å²) in [7, 11) is 0. The van der Waals surface area contributed by atoms with Gasteiger partial charge in [-0.15, -0.1) is 10.2 Å². The fourth-order valence-electron chi connectivity index (χ4n) is 3.26. The van der Waals surface area contributed by atoms with Crippen LogP contribution in [-0.4, -0.2) is 38.1 Å². The van der Waals surface area contributed by atoms with Gasteiger partial charge in [-0.1, -0.05) is 41.7 Å². The van der Waals surface area contributed by atoms with Gasteiger partial charge in [-0.2, -0.15) is 0 Å². The third-order valence-corrected chi connectivity index (χ3v) is 5.82. The number of hydrogen-bond acceptors (Lipinski definition) is 6. The molecule has 1 aliphatic rings. The molecule has 1 N–H and O–H groups in total. The first kappa shape index (κ1) is 19.3. The van der Waals surface area contributed by atoms with Crippen molar-refractivity contribution < 1.29 is 9.59 Å². The summed E-state index contributed by atoms with van der Waals surface area (Å²) in [5.74, 6) is -0.624. The van der Waals surface area contributed by atoms with Crippen molar-refractivity contribution in [3.63, 3.8) is 0 Å². The van der Waals surface area contributed by atoms with Crippen LogP contribution in [0.15, 0.2) is 42.9 Å². The number of nitrogens with zero attached hydrogens (tertiary/aromatic N) is 5. The minimum atomic E-state index is -0.391. The first-order valence-electron chi connectivity index (χ1n) is 9.57. The van der Waals surface area contributed by atoms with E-state index in [1.807, 2.05) is 48.0 Å². The molecular weight excluding hydrogens is 388 g/mol. The Bertz CT molecular complexity index is 999.